The van der Waals surface area contributed by atoms with E-state index in [1.54, 1.807) is 0 Å². The Bertz CT molecular complexity index is 512. The molecule has 0 bridgehead atoms. The Kier molecular flexibility index (Phi) is 4.83. The highest BCUT2D eigenvalue weighted by atomic mass is 19.4. The number of aromatic nitrogens is 3. The minimum atomic E-state index is -4.53. The van der Waals surface area contributed by atoms with Crippen molar-refractivity contribution in [2.45, 2.75) is 12.7 Å². The summed E-state index contributed by atoms with van der Waals surface area (Å²) in [6.07, 6.45) is -2.42. The Hall–Kier alpha value is -2.39. The minimum Gasteiger partial charge on any atom is -0.476 e. The van der Waals surface area contributed by atoms with E-state index in [0.29, 0.717) is 4.90 Å². The number of hydrogen-bond acceptors (Lipinski definition) is 4. The number of carboxylic acids is 1. The third-order valence-corrected chi connectivity index (χ3v) is 2.13. The quantitative estimate of drug-likeness (QED) is 0.774. The van der Waals surface area contributed by atoms with Crippen molar-refractivity contribution in [3.8, 4) is 0 Å². The summed E-state index contributed by atoms with van der Waals surface area (Å²) in [5.41, 5.74) is -0.399. The van der Waals surface area contributed by atoms with Gasteiger partial charge in [-0.05, 0) is 0 Å². The van der Waals surface area contributed by atoms with Crippen molar-refractivity contribution in [1.29, 1.82) is 0 Å². The maximum atomic E-state index is 12.3. The summed E-state index contributed by atoms with van der Waals surface area (Å²) in [5.74, 6) is -2.22. The molecular formula is C10H11F3N4O3. The summed E-state index contributed by atoms with van der Waals surface area (Å²) >= 11 is 0. The van der Waals surface area contributed by atoms with Crippen LogP contribution in [-0.2, 0) is 11.3 Å². The van der Waals surface area contributed by atoms with Crippen LogP contribution in [0.3, 0.4) is 0 Å². The number of carbonyl (C=O) groups is 2. The number of hydrogen-bond donors (Lipinski definition) is 1. The van der Waals surface area contributed by atoms with Gasteiger partial charge in [0.2, 0.25) is 5.91 Å². The van der Waals surface area contributed by atoms with E-state index in [0.717, 1.165) is 17.0 Å². The van der Waals surface area contributed by atoms with E-state index < -0.39 is 36.8 Å². The van der Waals surface area contributed by atoms with Gasteiger partial charge in [-0.3, -0.25) is 4.79 Å². The summed E-state index contributed by atoms with van der Waals surface area (Å²) in [6.45, 7) is 1.04. The first-order chi connectivity index (χ1) is 9.23. The number of alkyl halides is 3. The van der Waals surface area contributed by atoms with Gasteiger partial charge < -0.3 is 10.0 Å². The van der Waals surface area contributed by atoms with Gasteiger partial charge in [0.25, 0.3) is 0 Å². The predicted octanol–water partition coefficient (Wildman–Crippen LogP) is 0.553. The summed E-state index contributed by atoms with van der Waals surface area (Å²) in [5, 5.41) is 15.2. The number of halogens is 3. The van der Waals surface area contributed by atoms with Crippen LogP contribution in [0.5, 0.6) is 0 Å². The maximum Gasteiger partial charge on any atom is 0.406 e. The van der Waals surface area contributed by atoms with Crippen LogP contribution in [0, 0.1) is 0 Å². The molecule has 1 rings (SSSR count). The molecule has 0 unspecified atom stereocenters. The Morgan fingerprint density at radius 1 is 1.50 bits per heavy atom. The number of carboxylic acid groups (broad SMARTS) is 1. The van der Waals surface area contributed by atoms with Crippen LogP contribution < -0.4 is 0 Å². The van der Waals surface area contributed by atoms with E-state index in [2.05, 4.69) is 16.9 Å². The zero-order valence-corrected chi connectivity index (χ0v) is 10.2. The number of aromatic carboxylic acids is 1. The minimum absolute atomic E-state index is 0.279. The molecule has 1 amide bonds. The Morgan fingerprint density at radius 3 is 2.60 bits per heavy atom. The summed E-state index contributed by atoms with van der Waals surface area (Å²) in [4.78, 5) is 22.8. The molecule has 0 spiro atoms. The molecule has 7 nitrogen and oxygen atoms in total. The molecule has 20 heavy (non-hydrogen) atoms. The lowest BCUT2D eigenvalue weighted by Crippen LogP contribution is -2.40. The molecule has 0 saturated carbocycles. The lowest BCUT2D eigenvalue weighted by atomic mass is 10.4. The molecule has 0 atom stereocenters. The molecule has 1 aromatic heterocycles. The molecule has 10 heteroatoms. The number of nitrogens with zero attached hydrogens (tertiary/aromatic N) is 4. The average Bonchev–Trinajstić information content (AvgIpc) is 2.75. The standard InChI is InChI=1S/C10H11F3N4O3/c1-2-3-16(6-10(11,12)13)8(18)5-17-4-7(9(19)20)14-15-17/h2,4H,1,3,5-6H2,(H,19,20). The fraction of sp³-hybridized carbons (Fsp3) is 0.400. The van der Waals surface area contributed by atoms with Crippen molar-refractivity contribution in [3.05, 3.63) is 24.5 Å². The van der Waals surface area contributed by atoms with E-state index in [9.17, 15) is 22.8 Å². The van der Waals surface area contributed by atoms with Gasteiger partial charge in [-0.15, -0.1) is 11.7 Å². The molecule has 0 aliphatic rings. The van der Waals surface area contributed by atoms with Crippen LogP contribution in [0.15, 0.2) is 18.9 Å². The SMILES string of the molecule is C=CCN(CC(F)(F)F)C(=O)Cn1cc(C(=O)O)nn1. The summed E-state index contributed by atoms with van der Waals surface area (Å²) in [6, 6.07) is 0. The molecule has 0 radical (unpaired) electrons. The fourth-order valence-corrected chi connectivity index (χ4v) is 1.34. The average molecular weight is 292 g/mol. The molecule has 0 aliphatic heterocycles. The van der Waals surface area contributed by atoms with Crippen LogP contribution in [0.1, 0.15) is 10.5 Å². The largest absolute Gasteiger partial charge is 0.476 e. The molecule has 0 fully saturated rings. The second kappa shape index (κ2) is 6.17. The van der Waals surface area contributed by atoms with E-state index >= 15 is 0 Å². The maximum absolute atomic E-state index is 12.3. The first-order valence-corrected chi connectivity index (χ1v) is 5.32. The molecule has 1 N–H and O–H groups in total. The van der Waals surface area contributed by atoms with E-state index in [-0.39, 0.29) is 6.54 Å². The van der Waals surface area contributed by atoms with E-state index in [1.807, 2.05) is 0 Å². The molecular weight excluding hydrogens is 281 g/mol. The van der Waals surface area contributed by atoms with Crippen molar-refractivity contribution < 1.29 is 27.9 Å². The van der Waals surface area contributed by atoms with Crippen molar-refractivity contribution in [2.24, 2.45) is 0 Å². The lowest BCUT2D eigenvalue weighted by Gasteiger charge is -2.22. The topological polar surface area (TPSA) is 88.3 Å². The predicted molar refractivity (Wildman–Crippen MR) is 59.8 cm³/mol. The van der Waals surface area contributed by atoms with Crippen molar-refractivity contribution in [3.63, 3.8) is 0 Å². The molecule has 1 heterocycles. The Morgan fingerprint density at radius 2 is 2.15 bits per heavy atom. The van der Waals surface area contributed by atoms with Gasteiger partial charge >= 0.3 is 12.1 Å². The summed E-state index contributed by atoms with van der Waals surface area (Å²) < 4.78 is 37.8. The zero-order chi connectivity index (χ0) is 15.3. The Labute approximate surface area is 111 Å². The molecule has 1 aromatic rings. The van der Waals surface area contributed by atoms with Gasteiger partial charge in [-0.1, -0.05) is 11.3 Å². The van der Waals surface area contributed by atoms with Gasteiger partial charge in [-0.25, -0.2) is 9.48 Å². The molecule has 110 valence electrons. The van der Waals surface area contributed by atoms with Crippen LogP contribution in [0.2, 0.25) is 0 Å². The Balaban J connectivity index is 2.74. The molecule has 0 aromatic carbocycles. The molecule has 0 saturated heterocycles. The van der Waals surface area contributed by atoms with Crippen molar-refractivity contribution in [1.82, 2.24) is 19.9 Å². The van der Waals surface area contributed by atoms with Crippen molar-refractivity contribution in [2.75, 3.05) is 13.1 Å². The first-order valence-electron chi connectivity index (χ1n) is 5.32. The van der Waals surface area contributed by atoms with E-state index in [1.165, 1.54) is 0 Å². The third kappa shape index (κ3) is 4.71. The fourth-order valence-electron chi connectivity index (χ4n) is 1.34. The van der Waals surface area contributed by atoms with Crippen LogP contribution in [0.25, 0.3) is 0 Å². The number of carbonyl (C=O) groups excluding carboxylic acids is 1. The van der Waals surface area contributed by atoms with Gasteiger partial charge in [-0.2, -0.15) is 13.2 Å². The van der Waals surface area contributed by atoms with Crippen LogP contribution in [-0.4, -0.2) is 56.1 Å². The second-order valence-corrected chi connectivity index (χ2v) is 3.78. The van der Waals surface area contributed by atoms with Gasteiger partial charge in [0.05, 0.1) is 6.20 Å². The highest BCUT2D eigenvalue weighted by Crippen LogP contribution is 2.16. The van der Waals surface area contributed by atoms with E-state index in [4.69, 9.17) is 5.11 Å². The third-order valence-electron chi connectivity index (χ3n) is 2.13. The first kappa shape index (κ1) is 15.7. The van der Waals surface area contributed by atoms with Crippen LogP contribution >= 0.6 is 0 Å². The van der Waals surface area contributed by atoms with Crippen molar-refractivity contribution >= 4 is 11.9 Å². The lowest BCUT2D eigenvalue weighted by molar-refractivity contribution is -0.160. The monoisotopic (exact) mass is 292 g/mol. The number of amides is 1. The zero-order valence-electron chi connectivity index (χ0n) is 10.2. The highest BCUT2D eigenvalue weighted by Gasteiger charge is 2.32. The normalized spacial score (nSPS) is 11.2. The van der Waals surface area contributed by atoms with Crippen LogP contribution in [0.4, 0.5) is 13.2 Å². The number of rotatable bonds is 6. The summed E-state index contributed by atoms with van der Waals surface area (Å²) in [7, 11) is 0. The smallest absolute Gasteiger partial charge is 0.406 e. The van der Waals surface area contributed by atoms with Gasteiger partial charge in [0.1, 0.15) is 13.1 Å². The second-order valence-electron chi connectivity index (χ2n) is 3.78. The molecule has 0 aliphatic carbocycles. The van der Waals surface area contributed by atoms with Gasteiger partial charge in [0, 0.05) is 6.54 Å². The highest BCUT2D eigenvalue weighted by molar-refractivity contribution is 5.84. The van der Waals surface area contributed by atoms with Gasteiger partial charge in [0.15, 0.2) is 5.69 Å².